The van der Waals surface area contributed by atoms with Gasteiger partial charge in [-0.15, -0.1) is 0 Å². The number of sulfonamides is 1. The van der Waals surface area contributed by atoms with Gasteiger partial charge in [0.2, 0.25) is 16.9 Å². The van der Waals surface area contributed by atoms with Gasteiger partial charge in [0, 0.05) is 0 Å². The lowest BCUT2D eigenvalue weighted by Gasteiger charge is -2.21. The van der Waals surface area contributed by atoms with Gasteiger partial charge in [0.25, 0.3) is 10.0 Å². The fourth-order valence-electron chi connectivity index (χ4n) is 2.31. The number of hydrogen-bond donors (Lipinski definition) is 2. The van der Waals surface area contributed by atoms with Gasteiger partial charge in [-0.2, -0.15) is 0 Å². The van der Waals surface area contributed by atoms with Crippen LogP contribution in [0.5, 0.6) is 0 Å². The van der Waals surface area contributed by atoms with Crippen LogP contribution >= 0.6 is 11.3 Å². The smallest absolute Gasteiger partial charge is 0.266 e. The molecule has 0 bridgehead atoms. The highest BCUT2D eigenvalue weighted by atomic mass is 32.2. The van der Waals surface area contributed by atoms with Crippen molar-refractivity contribution >= 4 is 48.5 Å². The molecule has 0 radical (unpaired) electrons. The lowest BCUT2D eigenvalue weighted by atomic mass is 10.3. The molecule has 27 heavy (non-hydrogen) atoms. The zero-order valence-corrected chi connectivity index (χ0v) is 15.7. The molecule has 0 unspecified atom stereocenters. The Hall–Kier alpha value is -2.98. The predicted octanol–water partition coefficient (Wildman–Crippen LogP) is 1.09. The molecule has 0 saturated heterocycles. The van der Waals surface area contributed by atoms with Crippen LogP contribution in [0.1, 0.15) is 0 Å². The first kappa shape index (κ1) is 18.8. The van der Waals surface area contributed by atoms with E-state index in [9.17, 15) is 18.0 Å². The second kappa shape index (κ2) is 7.72. The van der Waals surface area contributed by atoms with Crippen LogP contribution in [0.4, 0.5) is 5.13 Å². The van der Waals surface area contributed by atoms with Gasteiger partial charge in [-0.25, -0.2) is 17.7 Å². The van der Waals surface area contributed by atoms with Crippen LogP contribution in [0.3, 0.4) is 0 Å². The second-order valence-electron chi connectivity index (χ2n) is 5.53. The van der Waals surface area contributed by atoms with Gasteiger partial charge in [-0.05, 0) is 24.3 Å². The third-order valence-electron chi connectivity index (χ3n) is 3.57. The molecule has 3 rings (SSSR count). The number of carbonyl (C=O) groups excluding carboxylic acids is 2. The van der Waals surface area contributed by atoms with Crippen molar-refractivity contribution < 1.29 is 18.0 Å². The maximum atomic E-state index is 13.1. The topological polar surface area (TPSA) is 122 Å². The molecule has 10 heteroatoms. The zero-order chi connectivity index (χ0) is 19.4. The van der Waals surface area contributed by atoms with E-state index in [1.165, 1.54) is 12.1 Å². The van der Waals surface area contributed by atoms with Crippen molar-refractivity contribution in [2.24, 2.45) is 5.73 Å². The Morgan fingerprint density at radius 2 is 1.74 bits per heavy atom. The van der Waals surface area contributed by atoms with E-state index in [-0.39, 0.29) is 16.6 Å². The molecular weight excluding hydrogens is 388 g/mol. The number of nitrogens with zero attached hydrogens (tertiary/aromatic N) is 2. The highest BCUT2D eigenvalue weighted by Gasteiger charge is 2.29. The second-order valence-corrected chi connectivity index (χ2v) is 8.40. The number of hydrogen-bond acceptors (Lipinski definition) is 6. The fraction of sp³-hybridized carbons (Fsp3) is 0.118. The van der Waals surface area contributed by atoms with E-state index in [1.54, 1.807) is 30.3 Å². The van der Waals surface area contributed by atoms with Crippen molar-refractivity contribution in [3.8, 4) is 0 Å². The van der Waals surface area contributed by atoms with Gasteiger partial charge in [0.05, 0.1) is 21.7 Å². The number of primary amides is 1. The number of aromatic nitrogens is 1. The van der Waals surface area contributed by atoms with Crippen molar-refractivity contribution in [2.75, 3.05) is 17.4 Å². The summed E-state index contributed by atoms with van der Waals surface area (Å²) in [5.41, 5.74) is 5.64. The largest absolute Gasteiger partial charge is 0.368 e. The van der Waals surface area contributed by atoms with Gasteiger partial charge in [-0.3, -0.25) is 9.59 Å². The molecule has 0 saturated carbocycles. The first-order chi connectivity index (χ1) is 12.9. The molecule has 1 heterocycles. The number of anilines is 1. The molecule has 0 fully saturated rings. The maximum Gasteiger partial charge on any atom is 0.266 e. The van der Waals surface area contributed by atoms with Crippen LogP contribution < -0.4 is 15.4 Å². The number of thiazole rings is 1. The molecular formula is C17H16N4O4S2. The van der Waals surface area contributed by atoms with E-state index in [1.807, 2.05) is 12.1 Å². The summed E-state index contributed by atoms with van der Waals surface area (Å²) in [6.07, 6.45) is 0. The maximum absolute atomic E-state index is 13.1. The van der Waals surface area contributed by atoms with Gasteiger partial charge in [0.1, 0.15) is 6.54 Å². The number of nitrogens with one attached hydrogen (secondary N) is 1. The number of fused-ring (bicyclic) bond motifs is 1. The minimum atomic E-state index is -4.03. The van der Waals surface area contributed by atoms with Gasteiger partial charge in [0.15, 0.2) is 0 Å². The van der Waals surface area contributed by atoms with E-state index in [4.69, 9.17) is 5.73 Å². The Kier molecular flexibility index (Phi) is 5.38. The molecule has 0 aliphatic heterocycles. The third-order valence-corrected chi connectivity index (χ3v) is 6.50. The summed E-state index contributed by atoms with van der Waals surface area (Å²) in [6, 6.07) is 15.0. The average Bonchev–Trinajstić information content (AvgIpc) is 3.08. The average molecular weight is 404 g/mol. The Balaban J connectivity index is 2.00. The van der Waals surface area contributed by atoms with Gasteiger partial charge < -0.3 is 11.1 Å². The first-order valence-electron chi connectivity index (χ1n) is 7.86. The summed E-state index contributed by atoms with van der Waals surface area (Å²) in [5, 5.41) is 2.46. The SMILES string of the molecule is NC(=O)CNC(=O)CN(c1nc2ccccc2s1)S(=O)(=O)c1ccccc1. The summed E-state index contributed by atoms with van der Waals surface area (Å²) in [6.45, 7) is -0.901. The van der Waals surface area contributed by atoms with Crippen molar-refractivity contribution in [3.05, 3.63) is 54.6 Å². The lowest BCUT2D eigenvalue weighted by Crippen LogP contribution is -2.43. The zero-order valence-electron chi connectivity index (χ0n) is 14.0. The first-order valence-corrected chi connectivity index (χ1v) is 10.1. The van der Waals surface area contributed by atoms with Crippen LogP contribution in [0.25, 0.3) is 10.2 Å². The lowest BCUT2D eigenvalue weighted by molar-refractivity contribution is -0.123. The molecule has 0 aliphatic rings. The summed E-state index contributed by atoms with van der Waals surface area (Å²) >= 11 is 1.16. The van der Waals surface area contributed by atoms with Crippen LogP contribution in [0.15, 0.2) is 59.5 Å². The molecule has 140 valence electrons. The standard InChI is InChI=1S/C17H16N4O4S2/c18-15(22)10-19-16(23)11-21(27(24,25)12-6-2-1-3-7-12)17-20-13-8-4-5-9-14(13)26-17/h1-9H,10-11H2,(H2,18,22)(H,19,23). The van der Waals surface area contributed by atoms with E-state index in [0.717, 1.165) is 20.3 Å². The molecule has 8 nitrogen and oxygen atoms in total. The van der Waals surface area contributed by atoms with E-state index >= 15 is 0 Å². The Bertz CT molecular complexity index is 1050. The molecule has 2 amide bonds. The van der Waals surface area contributed by atoms with Crippen LogP contribution in [0, 0.1) is 0 Å². The van der Waals surface area contributed by atoms with Crippen LogP contribution in [-0.2, 0) is 19.6 Å². The Morgan fingerprint density at radius 3 is 2.41 bits per heavy atom. The van der Waals surface area contributed by atoms with Crippen molar-refractivity contribution in [1.29, 1.82) is 0 Å². The van der Waals surface area contributed by atoms with E-state index in [0.29, 0.717) is 5.52 Å². The molecule has 0 atom stereocenters. The molecule has 3 N–H and O–H groups in total. The normalized spacial score (nSPS) is 11.3. The molecule has 3 aromatic rings. The minimum Gasteiger partial charge on any atom is -0.368 e. The van der Waals surface area contributed by atoms with Gasteiger partial charge in [-0.1, -0.05) is 41.7 Å². The monoisotopic (exact) mass is 404 g/mol. The minimum absolute atomic E-state index is 0.0342. The van der Waals surface area contributed by atoms with Crippen molar-refractivity contribution in [1.82, 2.24) is 10.3 Å². The summed E-state index contributed by atoms with van der Waals surface area (Å²) in [7, 11) is -4.03. The highest BCUT2D eigenvalue weighted by Crippen LogP contribution is 2.31. The Labute approximate surface area is 159 Å². The fourth-order valence-corrected chi connectivity index (χ4v) is 4.88. The quantitative estimate of drug-likeness (QED) is 0.610. The van der Waals surface area contributed by atoms with Crippen LogP contribution in [-0.4, -0.2) is 38.3 Å². The summed E-state index contributed by atoms with van der Waals surface area (Å²) < 4.78 is 27.9. The Morgan fingerprint density at radius 1 is 1.07 bits per heavy atom. The van der Waals surface area contributed by atoms with Gasteiger partial charge >= 0.3 is 0 Å². The predicted molar refractivity (Wildman–Crippen MR) is 103 cm³/mol. The number of para-hydroxylation sites is 1. The third kappa shape index (κ3) is 4.23. The molecule has 0 aliphatic carbocycles. The summed E-state index contributed by atoms with van der Waals surface area (Å²) in [4.78, 5) is 27.4. The molecule has 0 spiro atoms. The van der Waals surface area contributed by atoms with Crippen molar-refractivity contribution in [3.63, 3.8) is 0 Å². The number of benzene rings is 2. The molecule has 2 aromatic carbocycles. The number of amides is 2. The number of rotatable bonds is 7. The van der Waals surface area contributed by atoms with Crippen LogP contribution in [0.2, 0.25) is 0 Å². The highest BCUT2D eigenvalue weighted by molar-refractivity contribution is 7.93. The van der Waals surface area contributed by atoms with E-state index < -0.39 is 28.4 Å². The van der Waals surface area contributed by atoms with Crippen molar-refractivity contribution in [2.45, 2.75) is 4.90 Å². The summed E-state index contributed by atoms with van der Waals surface area (Å²) in [5.74, 6) is -1.38. The molecule has 1 aromatic heterocycles. The number of carbonyl (C=O) groups is 2. The van der Waals surface area contributed by atoms with E-state index in [2.05, 4.69) is 10.3 Å². The number of nitrogens with two attached hydrogens (primary N) is 1.